The lowest BCUT2D eigenvalue weighted by molar-refractivity contribution is -0.665. The maximum Gasteiger partial charge on any atom is 0.0889 e. The molecule has 2 N–H and O–H groups in total. The van der Waals surface area contributed by atoms with Crippen LogP contribution in [0.1, 0.15) is 29.4 Å². The summed E-state index contributed by atoms with van der Waals surface area (Å²) < 4.78 is 0. The minimum atomic E-state index is 0.750. The molecular formula is C13H14N3+. The number of rotatable bonds is 0. The predicted octanol–water partition coefficient (Wildman–Crippen LogP) is 0.778. The number of aromatic nitrogens is 2. The van der Waals surface area contributed by atoms with Gasteiger partial charge in [0, 0.05) is 24.2 Å². The monoisotopic (exact) mass is 212 g/mol. The molecule has 2 aromatic rings. The Balaban J connectivity index is 2.01. The first-order valence-electron chi connectivity index (χ1n) is 5.98. The van der Waals surface area contributed by atoms with E-state index >= 15 is 0 Å². The van der Waals surface area contributed by atoms with Crippen LogP contribution in [0, 0.1) is 0 Å². The van der Waals surface area contributed by atoms with Crippen LogP contribution in [0.3, 0.4) is 0 Å². The highest BCUT2D eigenvalue weighted by Gasteiger charge is 2.36. The maximum atomic E-state index is 4.40. The number of hydrogen-bond acceptors (Lipinski definition) is 2. The molecule has 4 rings (SSSR count). The van der Waals surface area contributed by atoms with Crippen molar-refractivity contribution in [2.24, 2.45) is 0 Å². The number of quaternary nitrogens is 1. The lowest BCUT2D eigenvalue weighted by Crippen LogP contribution is -2.87. The van der Waals surface area contributed by atoms with Crippen LogP contribution in [0.5, 0.6) is 0 Å². The van der Waals surface area contributed by atoms with Crippen molar-refractivity contribution < 1.29 is 5.32 Å². The molecule has 2 heterocycles. The van der Waals surface area contributed by atoms with Gasteiger partial charge in [0.2, 0.25) is 0 Å². The fraction of sp³-hybridized carbons (Fsp3) is 0.385. The first-order chi connectivity index (χ1) is 7.92. The summed E-state index contributed by atoms with van der Waals surface area (Å²) in [5, 5.41) is 2.45. The number of nitrogens with two attached hydrogens (primary N) is 1. The molecule has 1 aliphatic heterocycles. The summed E-state index contributed by atoms with van der Waals surface area (Å²) >= 11 is 0. The molecule has 2 aliphatic rings. The average molecular weight is 212 g/mol. The van der Waals surface area contributed by atoms with Crippen LogP contribution in [0.4, 0.5) is 0 Å². The Kier molecular flexibility index (Phi) is 1.63. The fourth-order valence-corrected chi connectivity index (χ4v) is 3.29. The van der Waals surface area contributed by atoms with Gasteiger partial charge in [-0.3, -0.25) is 9.97 Å². The van der Waals surface area contributed by atoms with E-state index in [0.717, 1.165) is 22.9 Å². The largest absolute Gasteiger partial charge is 0.345 e. The normalized spacial score (nSPS) is 27.0. The quantitative estimate of drug-likeness (QED) is 0.701. The summed E-state index contributed by atoms with van der Waals surface area (Å²) in [5.74, 6) is 1.50. The van der Waals surface area contributed by atoms with Gasteiger partial charge >= 0.3 is 0 Å². The highest BCUT2D eigenvalue weighted by Crippen LogP contribution is 2.42. The topological polar surface area (TPSA) is 42.4 Å². The van der Waals surface area contributed by atoms with E-state index in [2.05, 4.69) is 27.4 Å². The Hall–Kier alpha value is -1.48. The summed E-state index contributed by atoms with van der Waals surface area (Å²) in [7, 11) is 0. The third-order valence-electron chi connectivity index (χ3n) is 4.03. The number of fused-ring (bicyclic) bond motifs is 6. The second kappa shape index (κ2) is 3.01. The number of benzene rings is 1. The molecule has 1 aromatic heterocycles. The van der Waals surface area contributed by atoms with Gasteiger partial charge in [-0.05, 0) is 29.7 Å². The minimum Gasteiger partial charge on any atom is -0.345 e. The van der Waals surface area contributed by atoms with Crippen LogP contribution in [0.15, 0.2) is 24.5 Å². The smallest absolute Gasteiger partial charge is 0.0889 e. The van der Waals surface area contributed by atoms with Crippen LogP contribution in [0.2, 0.25) is 0 Å². The van der Waals surface area contributed by atoms with Crippen molar-refractivity contribution in [3.63, 3.8) is 0 Å². The number of hydrogen-bond donors (Lipinski definition) is 1. The third kappa shape index (κ3) is 1.06. The minimum absolute atomic E-state index is 0.750. The van der Waals surface area contributed by atoms with Crippen molar-refractivity contribution >= 4 is 11.0 Å². The molecule has 0 amide bonds. The second-order valence-corrected chi connectivity index (χ2v) is 4.92. The number of piperidine rings is 1. The molecule has 0 saturated carbocycles. The van der Waals surface area contributed by atoms with Crippen LogP contribution in [-0.2, 0) is 0 Å². The zero-order valence-corrected chi connectivity index (χ0v) is 9.06. The summed E-state index contributed by atoms with van der Waals surface area (Å²) in [6.45, 7) is 2.49. The first kappa shape index (κ1) is 8.65. The van der Waals surface area contributed by atoms with Gasteiger partial charge in [-0.25, -0.2) is 0 Å². The van der Waals surface area contributed by atoms with Gasteiger partial charge in [0.25, 0.3) is 0 Å². The van der Waals surface area contributed by atoms with Crippen molar-refractivity contribution in [3.05, 3.63) is 35.7 Å². The summed E-state index contributed by atoms with van der Waals surface area (Å²) in [4.78, 5) is 8.80. The van der Waals surface area contributed by atoms with E-state index in [1.54, 1.807) is 12.4 Å². The van der Waals surface area contributed by atoms with Crippen LogP contribution in [0.25, 0.3) is 11.0 Å². The van der Waals surface area contributed by atoms with E-state index in [9.17, 15) is 0 Å². The lowest BCUT2D eigenvalue weighted by atomic mass is 9.98. The highest BCUT2D eigenvalue weighted by molar-refractivity contribution is 5.77. The molecular weight excluding hydrogens is 198 g/mol. The van der Waals surface area contributed by atoms with Gasteiger partial charge in [-0.1, -0.05) is 0 Å². The maximum absolute atomic E-state index is 4.40. The molecule has 16 heavy (non-hydrogen) atoms. The molecule has 3 heteroatoms. The molecule has 0 radical (unpaired) electrons. The lowest BCUT2D eigenvalue weighted by Gasteiger charge is -2.16. The van der Waals surface area contributed by atoms with Crippen LogP contribution < -0.4 is 5.32 Å². The molecule has 2 bridgehead atoms. The Bertz CT molecular complexity index is 516. The van der Waals surface area contributed by atoms with Crippen molar-refractivity contribution in [1.29, 1.82) is 0 Å². The van der Waals surface area contributed by atoms with Gasteiger partial charge in [0.15, 0.2) is 0 Å². The Morgan fingerprint density at radius 1 is 0.938 bits per heavy atom. The van der Waals surface area contributed by atoms with Gasteiger partial charge in [0.1, 0.15) is 0 Å². The highest BCUT2D eigenvalue weighted by atomic mass is 14.9. The molecule has 1 fully saturated rings. The third-order valence-corrected chi connectivity index (χ3v) is 4.03. The number of nitrogens with zero attached hydrogens (tertiary/aromatic N) is 2. The molecule has 2 unspecified atom stereocenters. The molecule has 80 valence electrons. The standard InChI is InChI=1S/C13H13N3/c1-2-16-13-5-11-9-3-8(6-14-7-9)10(11)4-12(13)15-1/h1-2,4-5,8-9,14H,3,6-7H2/p+1. The zero-order valence-electron chi connectivity index (χ0n) is 9.06. The zero-order chi connectivity index (χ0) is 10.5. The summed E-state index contributed by atoms with van der Waals surface area (Å²) in [5.41, 5.74) is 5.17. The van der Waals surface area contributed by atoms with E-state index < -0.39 is 0 Å². The molecule has 1 saturated heterocycles. The van der Waals surface area contributed by atoms with E-state index in [0.29, 0.717) is 0 Å². The molecule has 3 nitrogen and oxygen atoms in total. The summed E-state index contributed by atoms with van der Waals surface area (Å²) in [6.07, 6.45) is 4.89. The van der Waals surface area contributed by atoms with E-state index in [1.165, 1.54) is 30.6 Å². The summed E-state index contributed by atoms with van der Waals surface area (Å²) in [6, 6.07) is 4.53. The molecule has 0 spiro atoms. The second-order valence-electron chi connectivity index (χ2n) is 4.92. The molecule has 1 aromatic carbocycles. The Morgan fingerprint density at radius 3 is 2.06 bits per heavy atom. The Labute approximate surface area is 93.9 Å². The fourth-order valence-electron chi connectivity index (χ4n) is 3.29. The Morgan fingerprint density at radius 2 is 1.50 bits per heavy atom. The van der Waals surface area contributed by atoms with E-state index in [4.69, 9.17) is 0 Å². The predicted molar refractivity (Wildman–Crippen MR) is 61.3 cm³/mol. The van der Waals surface area contributed by atoms with Gasteiger partial charge in [-0.2, -0.15) is 0 Å². The van der Waals surface area contributed by atoms with Gasteiger partial charge in [-0.15, -0.1) is 0 Å². The van der Waals surface area contributed by atoms with Gasteiger partial charge in [0.05, 0.1) is 24.1 Å². The van der Waals surface area contributed by atoms with Crippen molar-refractivity contribution in [2.75, 3.05) is 13.1 Å². The molecule has 2 atom stereocenters. The first-order valence-corrected chi connectivity index (χ1v) is 5.98. The average Bonchev–Trinajstić information content (AvgIpc) is 2.59. The van der Waals surface area contributed by atoms with E-state index in [1.807, 2.05) is 0 Å². The van der Waals surface area contributed by atoms with Crippen LogP contribution >= 0.6 is 0 Å². The molecule has 1 aliphatic carbocycles. The van der Waals surface area contributed by atoms with Crippen molar-refractivity contribution in [3.8, 4) is 0 Å². The van der Waals surface area contributed by atoms with E-state index in [-0.39, 0.29) is 0 Å². The van der Waals surface area contributed by atoms with Crippen molar-refractivity contribution in [2.45, 2.75) is 18.3 Å². The van der Waals surface area contributed by atoms with Crippen LogP contribution in [-0.4, -0.2) is 23.1 Å². The SMILES string of the molecule is c1cnc2cc3c(cc2n1)C1C[NH2+]CC3C1. The van der Waals surface area contributed by atoms with Crippen molar-refractivity contribution in [1.82, 2.24) is 9.97 Å². The van der Waals surface area contributed by atoms with Gasteiger partial charge < -0.3 is 5.32 Å².